The highest BCUT2D eigenvalue weighted by Gasteiger charge is 2.21. The topological polar surface area (TPSA) is 123 Å². The summed E-state index contributed by atoms with van der Waals surface area (Å²) in [7, 11) is 0. The van der Waals surface area contributed by atoms with Gasteiger partial charge in [-0.05, 0) is 25.0 Å². The Hall–Kier alpha value is -2.94. The molecular formula is C18H22N4O4S. The lowest BCUT2D eigenvalue weighted by Crippen LogP contribution is -2.19. The molecule has 0 unspecified atom stereocenters. The summed E-state index contributed by atoms with van der Waals surface area (Å²) in [5, 5.41) is 6.09. The molecule has 144 valence electrons. The molecule has 2 rings (SSSR count). The molecule has 1 aromatic carbocycles. The number of nitrogens with one attached hydrogen (secondary N) is 2. The highest BCUT2D eigenvalue weighted by molar-refractivity contribution is 7.19. The summed E-state index contributed by atoms with van der Waals surface area (Å²) < 4.78 is 5.40. The minimum atomic E-state index is -0.518. The number of nitrogens with two attached hydrogens (primary N) is 1. The van der Waals surface area contributed by atoms with Crippen molar-refractivity contribution in [3.63, 3.8) is 0 Å². The molecule has 1 aromatic heterocycles. The predicted molar refractivity (Wildman–Crippen MR) is 105 cm³/mol. The number of thiazole rings is 1. The van der Waals surface area contributed by atoms with Crippen LogP contribution in [-0.2, 0) is 9.59 Å². The van der Waals surface area contributed by atoms with Gasteiger partial charge in [-0.3, -0.25) is 19.7 Å². The summed E-state index contributed by atoms with van der Waals surface area (Å²) >= 11 is 1.12. The van der Waals surface area contributed by atoms with Crippen LogP contribution in [0.3, 0.4) is 0 Å². The third kappa shape index (κ3) is 5.78. The molecule has 1 heterocycles. The maximum atomic E-state index is 12.7. The van der Waals surface area contributed by atoms with Crippen LogP contribution in [0.4, 0.5) is 15.8 Å². The molecule has 0 aliphatic heterocycles. The molecule has 4 N–H and O–H groups in total. The Morgan fingerprint density at radius 1 is 1.15 bits per heavy atom. The Labute approximate surface area is 161 Å². The molecule has 0 saturated heterocycles. The Balaban J connectivity index is 2.34. The molecule has 8 nitrogen and oxygen atoms in total. The van der Waals surface area contributed by atoms with Gasteiger partial charge in [-0.25, -0.2) is 4.98 Å². The van der Waals surface area contributed by atoms with Crippen LogP contribution in [0.1, 0.15) is 49.9 Å². The number of aromatic nitrogens is 1. The quantitative estimate of drug-likeness (QED) is 0.469. The van der Waals surface area contributed by atoms with Gasteiger partial charge in [0.2, 0.25) is 5.91 Å². The molecule has 0 aliphatic rings. The zero-order chi connectivity index (χ0) is 19.8. The minimum Gasteiger partial charge on any atom is -0.423 e. The second kappa shape index (κ2) is 9.67. The van der Waals surface area contributed by atoms with Gasteiger partial charge in [0.25, 0.3) is 5.91 Å². The van der Waals surface area contributed by atoms with Gasteiger partial charge in [0.15, 0.2) is 10.9 Å². The average Bonchev–Trinajstić information content (AvgIpc) is 3.01. The van der Waals surface area contributed by atoms with E-state index in [1.54, 1.807) is 12.1 Å². The van der Waals surface area contributed by atoms with E-state index in [4.69, 9.17) is 10.5 Å². The molecule has 0 bridgehead atoms. The predicted octanol–water partition coefficient (Wildman–Crippen LogP) is 3.42. The van der Waals surface area contributed by atoms with Gasteiger partial charge in [-0.2, -0.15) is 0 Å². The second-order valence-corrected chi connectivity index (χ2v) is 6.79. The van der Waals surface area contributed by atoms with Crippen LogP contribution in [0.5, 0.6) is 5.75 Å². The highest BCUT2D eigenvalue weighted by atomic mass is 32.1. The third-order valence-electron chi connectivity index (χ3n) is 3.42. The number of nitrogens with zero attached hydrogens (tertiary/aromatic N) is 1. The van der Waals surface area contributed by atoms with Crippen LogP contribution < -0.4 is 21.1 Å². The van der Waals surface area contributed by atoms with E-state index >= 15 is 0 Å². The van der Waals surface area contributed by atoms with Crippen molar-refractivity contribution >= 4 is 44.9 Å². The van der Waals surface area contributed by atoms with E-state index in [1.165, 1.54) is 12.3 Å². The third-order valence-corrected chi connectivity index (χ3v) is 4.17. The van der Waals surface area contributed by atoms with Crippen LogP contribution in [0.15, 0.2) is 24.4 Å². The minimum absolute atomic E-state index is 0.0161. The number of benzene rings is 1. The summed E-state index contributed by atoms with van der Waals surface area (Å²) in [5.41, 5.74) is 6.00. The van der Waals surface area contributed by atoms with E-state index in [9.17, 15) is 14.4 Å². The Bertz CT molecular complexity index is 835. The maximum Gasteiger partial charge on any atom is 0.311 e. The smallest absolute Gasteiger partial charge is 0.311 e. The van der Waals surface area contributed by atoms with Crippen LogP contribution >= 0.6 is 11.3 Å². The van der Waals surface area contributed by atoms with Gasteiger partial charge in [-0.15, -0.1) is 0 Å². The zero-order valence-electron chi connectivity index (χ0n) is 15.2. The first kappa shape index (κ1) is 20.4. The average molecular weight is 390 g/mol. The Morgan fingerprint density at radius 3 is 2.52 bits per heavy atom. The van der Waals surface area contributed by atoms with Gasteiger partial charge in [0.1, 0.15) is 5.00 Å². The van der Waals surface area contributed by atoms with Crippen molar-refractivity contribution in [3.05, 3.63) is 30.0 Å². The molecule has 2 aromatic rings. The number of nitrogen functional groups attached to an aromatic ring is 1. The summed E-state index contributed by atoms with van der Waals surface area (Å²) in [4.78, 5) is 40.6. The normalized spacial score (nSPS) is 10.3. The number of anilines is 3. The monoisotopic (exact) mass is 390 g/mol. The van der Waals surface area contributed by atoms with Crippen molar-refractivity contribution in [2.75, 3.05) is 16.4 Å². The van der Waals surface area contributed by atoms with E-state index in [-0.39, 0.29) is 29.3 Å². The van der Waals surface area contributed by atoms with Gasteiger partial charge in [0, 0.05) is 12.8 Å². The number of para-hydroxylation sites is 1. The van der Waals surface area contributed by atoms with Crippen molar-refractivity contribution in [1.82, 2.24) is 4.98 Å². The van der Waals surface area contributed by atoms with Crippen molar-refractivity contribution in [2.45, 2.75) is 39.5 Å². The number of rotatable bonds is 8. The van der Waals surface area contributed by atoms with Crippen LogP contribution in [0.2, 0.25) is 0 Å². The fourth-order valence-corrected chi connectivity index (χ4v) is 2.82. The number of hydrogen-bond acceptors (Lipinski definition) is 7. The first-order chi connectivity index (χ1) is 12.9. The molecule has 0 fully saturated rings. The number of carbonyl (C=O) groups is 3. The van der Waals surface area contributed by atoms with Crippen molar-refractivity contribution in [2.24, 2.45) is 0 Å². The van der Waals surface area contributed by atoms with E-state index in [1.807, 2.05) is 13.8 Å². The summed E-state index contributed by atoms with van der Waals surface area (Å²) in [5.74, 6) is -1.21. The molecule has 9 heteroatoms. The Morgan fingerprint density at radius 2 is 1.89 bits per heavy atom. The van der Waals surface area contributed by atoms with Gasteiger partial charge < -0.3 is 15.8 Å². The lowest BCUT2D eigenvalue weighted by Gasteiger charge is -2.15. The van der Waals surface area contributed by atoms with Gasteiger partial charge >= 0.3 is 5.97 Å². The first-order valence-corrected chi connectivity index (χ1v) is 9.42. The molecule has 0 atom stereocenters. The molecule has 2 amide bonds. The zero-order valence-corrected chi connectivity index (χ0v) is 16.0. The van der Waals surface area contributed by atoms with E-state index in [2.05, 4.69) is 15.6 Å². The number of carbonyl (C=O) groups excluding carboxylic acids is 3. The number of amides is 2. The molecule has 0 saturated carbocycles. The SMILES string of the molecule is CCCC(=O)Nc1cccc(C(=O)Nc2ncc(N)s2)c1OC(=O)CCC. The molecule has 27 heavy (non-hydrogen) atoms. The summed E-state index contributed by atoms with van der Waals surface area (Å²) in [6, 6.07) is 4.69. The Kier molecular flexibility index (Phi) is 7.30. The number of esters is 1. The molecular weight excluding hydrogens is 368 g/mol. The van der Waals surface area contributed by atoms with E-state index in [0.717, 1.165) is 11.3 Å². The van der Waals surface area contributed by atoms with Crippen LogP contribution in [-0.4, -0.2) is 22.8 Å². The first-order valence-electron chi connectivity index (χ1n) is 8.60. The fourth-order valence-electron chi connectivity index (χ4n) is 2.24. The van der Waals surface area contributed by atoms with E-state index in [0.29, 0.717) is 29.4 Å². The summed E-state index contributed by atoms with van der Waals surface area (Å²) in [6.45, 7) is 3.72. The fraction of sp³-hybridized carbons (Fsp3) is 0.333. The summed E-state index contributed by atoms with van der Waals surface area (Å²) in [6.07, 6.45) is 3.22. The van der Waals surface area contributed by atoms with Crippen LogP contribution in [0.25, 0.3) is 0 Å². The van der Waals surface area contributed by atoms with Crippen molar-refractivity contribution in [1.29, 1.82) is 0 Å². The standard InChI is InChI=1S/C18H22N4O4S/c1-3-6-14(23)21-12-9-5-8-11(16(12)26-15(24)7-4-2)17(25)22-18-20-10-13(19)27-18/h5,8-10H,3-4,6-7,19H2,1-2H3,(H,21,23)(H,20,22,25). The van der Waals surface area contributed by atoms with Crippen LogP contribution in [0, 0.1) is 0 Å². The second-order valence-electron chi connectivity index (χ2n) is 5.73. The molecule has 0 spiro atoms. The van der Waals surface area contributed by atoms with Crippen molar-refractivity contribution < 1.29 is 19.1 Å². The van der Waals surface area contributed by atoms with Crippen molar-refractivity contribution in [3.8, 4) is 5.75 Å². The molecule has 0 aliphatic carbocycles. The molecule has 0 radical (unpaired) electrons. The van der Waals surface area contributed by atoms with Gasteiger partial charge in [-0.1, -0.05) is 31.3 Å². The van der Waals surface area contributed by atoms with Gasteiger partial charge in [0.05, 0.1) is 17.4 Å². The lowest BCUT2D eigenvalue weighted by atomic mass is 10.1. The lowest BCUT2D eigenvalue weighted by molar-refractivity contribution is -0.134. The number of hydrogen-bond donors (Lipinski definition) is 3. The number of ether oxygens (including phenoxy) is 1. The maximum absolute atomic E-state index is 12.7. The highest BCUT2D eigenvalue weighted by Crippen LogP contribution is 2.31. The van der Waals surface area contributed by atoms with E-state index < -0.39 is 11.9 Å². The largest absolute Gasteiger partial charge is 0.423 e.